The van der Waals surface area contributed by atoms with Crippen LogP contribution in [-0.4, -0.2) is 48.9 Å². The molecule has 0 aliphatic carbocycles. The summed E-state index contributed by atoms with van der Waals surface area (Å²) in [6.45, 7) is 0.428. The quantitative estimate of drug-likeness (QED) is 0.790. The SMILES string of the molecule is CS(=O)(=O)C1CSCCN1C(=O)c1ccc(Br)c(N)c1. The number of nitrogens with two attached hydrogens (primary N) is 1. The highest BCUT2D eigenvalue weighted by molar-refractivity contribution is 9.10. The molecule has 1 aromatic carbocycles. The number of amides is 1. The maximum Gasteiger partial charge on any atom is 0.255 e. The molecule has 1 amide bonds. The minimum absolute atomic E-state index is 0.292. The molecule has 2 rings (SSSR count). The Kier molecular flexibility index (Phi) is 4.66. The molecule has 0 bridgehead atoms. The van der Waals surface area contributed by atoms with E-state index in [0.717, 1.165) is 5.75 Å². The van der Waals surface area contributed by atoms with E-state index in [2.05, 4.69) is 15.9 Å². The molecule has 5 nitrogen and oxygen atoms in total. The summed E-state index contributed by atoms with van der Waals surface area (Å²) in [5, 5.41) is -0.765. The van der Waals surface area contributed by atoms with Gasteiger partial charge in [-0.05, 0) is 34.1 Å². The Bertz CT molecular complexity index is 634. The van der Waals surface area contributed by atoms with Crippen LogP contribution in [0.5, 0.6) is 0 Å². The molecule has 1 aromatic rings. The van der Waals surface area contributed by atoms with Crippen LogP contribution in [0.2, 0.25) is 0 Å². The van der Waals surface area contributed by atoms with Gasteiger partial charge in [0.15, 0.2) is 9.84 Å². The molecule has 0 saturated carbocycles. The van der Waals surface area contributed by atoms with Gasteiger partial charge in [-0.25, -0.2) is 8.42 Å². The number of nitrogens with zero attached hydrogens (tertiary/aromatic N) is 1. The lowest BCUT2D eigenvalue weighted by Gasteiger charge is -2.34. The van der Waals surface area contributed by atoms with Gasteiger partial charge < -0.3 is 10.6 Å². The summed E-state index contributed by atoms with van der Waals surface area (Å²) in [5.41, 5.74) is 6.63. The van der Waals surface area contributed by atoms with Gasteiger partial charge in [0.05, 0.1) is 0 Å². The van der Waals surface area contributed by atoms with Crippen LogP contribution in [0, 0.1) is 0 Å². The van der Waals surface area contributed by atoms with E-state index in [0.29, 0.717) is 28.0 Å². The fraction of sp³-hybridized carbons (Fsp3) is 0.417. The van der Waals surface area contributed by atoms with Crippen molar-refractivity contribution < 1.29 is 13.2 Å². The largest absolute Gasteiger partial charge is 0.398 e. The van der Waals surface area contributed by atoms with Crippen molar-refractivity contribution in [2.75, 3.05) is 30.0 Å². The Morgan fingerprint density at radius 3 is 2.80 bits per heavy atom. The Morgan fingerprint density at radius 2 is 2.20 bits per heavy atom. The van der Waals surface area contributed by atoms with Crippen LogP contribution in [0.4, 0.5) is 5.69 Å². The van der Waals surface area contributed by atoms with Gasteiger partial charge in [-0.2, -0.15) is 11.8 Å². The zero-order valence-corrected chi connectivity index (χ0v) is 14.1. The smallest absolute Gasteiger partial charge is 0.255 e. The fourth-order valence-electron chi connectivity index (χ4n) is 2.01. The average molecular weight is 379 g/mol. The second-order valence-corrected chi connectivity index (χ2v) is 8.80. The first-order valence-electron chi connectivity index (χ1n) is 5.93. The number of halogens is 1. The van der Waals surface area contributed by atoms with Gasteiger partial charge in [0.2, 0.25) is 0 Å². The van der Waals surface area contributed by atoms with Crippen molar-refractivity contribution in [1.82, 2.24) is 4.90 Å². The molecule has 1 aliphatic rings. The third-order valence-corrected chi connectivity index (χ3v) is 6.45. The highest BCUT2D eigenvalue weighted by Gasteiger charge is 2.34. The maximum atomic E-state index is 12.5. The van der Waals surface area contributed by atoms with Crippen LogP contribution in [0.3, 0.4) is 0 Å². The summed E-state index contributed by atoms with van der Waals surface area (Å²) >= 11 is 4.82. The normalized spacial score (nSPS) is 19.9. The van der Waals surface area contributed by atoms with Gasteiger partial charge in [-0.1, -0.05) is 0 Å². The third-order valence-electron chi connectivity index (χ3n) is 3.08. The van der Waals surface area contributed by atoms with Crippen LogP contribution in [0.25, 0.3) is 0 Å². The lowest BCUT2D eigenvalue weighted by atomic mass is 10.2. The molecule has 0 radical (unpaired) electrons. The van der Waals surface area contributed by atoms with Crippen molar-refractivity contribution in [2.45, 2.75) is 5.37 Å². The van der Waals surface area contributed by atoms with E-state index >= 15 is 0 Å². The number of benzene rings is 1. The van der Waals surface area contributed by atoms with Crippen molar-refractivity contribution in [3.63, 3.8) is 0 Å². The minimum Gasteiger partial charge on any atom is -0.398 e. The predicted octanol–water partition coefficient (Wildman–Crippen LogP) is 1.59. The number of hydrogen-bond donors (Lipinski definition) is 1. The van der Waals surface area contributed by atoms with Crippen LogP contribution < -0.4 is 5.73 Å². The molecule has 8 heteroatoms. The van der Waals surface area contributed by atoms with Gasteiger partial charge in [-0.15, -0.1) is 0 Å². The number of rotatable bonds is 2. The first-order chi connectivity index (χ1) is 9.30. The van der Waals surface area contributed by atoms with Crippen LogP contribution >= 0.6 is 27.7 Å². The van der Waals surface area contributed by atoms with Gasteiger partial charge in [0, 0.05) is 40.0 Å². The van der Waals surface area contributed by atoms with E-state index in [9.17, 15) is 13.2 Å². The molecule has 1 unspecified atom stereocenters. The molecule has 2 N–H and O–H groups in total. The number of carbonyl (C=O) groups is 1. The van der Waals surface area contributed by atoms with Crippen molar-refractivity contribution in [3.8, 4) is 0 Å². The zero-order valence-electron chi connectivity index (χ0n) is 10.9. The summed E-state index contributed by atoms with van der Waals surface area (Å²) in [6.07, 6.45) is 1.17. The van der Waals surface area contributed by atoms with Crippen molar-refractivity contribution in [1.29, 1.82) is 0 Å². The summed E-state index contributed by atoms with van der Waals surface area (Å²) in [4.78, 5) is 13.9. The van der Waals surface area contributed by atoms with E-state index in [1.807, 2.05) is 0 Å². The van der Waals surface area contributed by atoms with Gasteiger partial charge in [-0.3, -0.25) is 4.79 Å². The highest BCUT2D eigenvalue weighted by Crippen LogP contribution is 2.25. The number of sulfone groups is 1. The summed E-state index contributed by atoms with van der Waals surface area (Å²) < 4.78 is 24.3. The van der Waals surface area contributed by atoms with Gasteiger partial charge >= 0.3 is 0 Å². The molecule has 1 aliphatic heterocycles. The molecule has 110 valence electrons. The average Bonchev–Trinajstić information content (AvgIpc) is 2.40. The first kappa shape index (κ1) is 15.7. The molecule has 1 fully saturated rings. The number of anilines is 1. The predicted molar refractivity (Wildman–Crippen MR) is 85.5 cm³/mol. The molecule has 0 spiro atoms. The molecule has 1 saturated heterocycles. The Hall–Kier alpha value is -0.730. The van der Waals surface area contributed by atoms with Gasteiger partial charge in [0.1, 0.15) is 5.37 Å². The Balaban J connectivity index is 2.32. The lowest BCUT2D eigenvalue weighted by molar-refractivity contribution is 0.0749. The molecule has 20 heavy (non-hydrogen) atoms. The second kappa shape index (κ2) is 5.95. The second-order valence-electron chi connectivity index (χ2n) is 4.59. The van der Waals surface area contributed by atoms with E-state index in [1.54, 1.807) is 30.0 Å². The zero-order chi connectivity index (χ0) is 14.9. The van der Waals surface area contributed by atoms with Crippen molar-refractivity contribution in [3.05, 3.63) is 28.2 Å². The van der Waals surface area contributed by atoms with E-state index in [4.69, 9.17) is 5.73 Å². The maximum absolute atomic E-state index is 12.5. The van der Waals surface area contributed by atoms with E-state index < -0.39 is 15.2 Å². The van der Waals surface area contributed by atoms with Crippen molar-refractivity contribution >= 4 is 49.1 Å². The highest BCUT2D eigenvalue weighted by atomic mass is 79.9. The van der Waals surface area contributed by atoms with Crippen LogP contribution in [0.1, 0.15) is 10.4 Å². The molecule has 1 atom stereocenters. The van der Waals surface area contributed by atoms with Crippen LogP contribution in [0.15, 0.2) is 22.7 Å². The summed E-state index contributed by atoms with van der Waals surface area (Å²) in [6, 6.07) is 4.90. The minimum atomic E-state index is -3.30. The topological polar surface area (TPSA) is 80.5 Å². The molecular formula is C12H15BrN2O3S2. The summed E-state index contributed by atoms with van der Waals surface area (Å²) in [7, 11) is -3.30. The van der Waals surface area contributed by atoms with Gasteiger partial charge in [0.25, 0.3) is 5.91 Å². The van der Waals surface area contributed by atoms with E-state index in [-0.39, 0.29) is 5.91 Å². The number of nitrogen functional groups attached to an aromatic ring is 1. The van der Waals surface area contributed by atoms with E-state index in [1.165, 1.54) is 11.2 Å². The molecule has 0 aromatic heterocycles. The van der Waals surface area contributed by atoms with Crippen LogP contribution in [-0.2, 0) is 9.84 Å². The number of thioether (sulfide) groups is 1. The third kappa shape index (κ3) is 3.29. The number of hydrogen-bond acceptors (Lipinski definition) is 5. The molecule has 1 heterocycles. The Labute approximate surface area is 130 Å². The number of carbonyl (C=O) groups excluding carboxylic acids is 1. The standard InChI is InChI=1S/C12H15BrN2O3S2/c1-20(17,18)11-7-19-5-4-15(11)12(16)8-2-3-9(13)10(14)6-8/h2-3,6,11H,4-5,7,14H2,1H3. The van der Waals surface area contributed by atoms with Crippen molar-refractivity contribution in [2.24, 2.45) is 0 Å². The fourth-order valence-corrected chi connectivity index (χ4v) is 5.07. The Morgan fingerprint density at radius 1 is 1.50 bits per heavy atom. The monoisotopic (exact) mass is 378 g/mol. The lowest BCUT2D eigenvalue weighted by Crippen LogP contribution is -2.49. The molecular weight excluding hydrogens is 364 g/mol. The first-order valence-corrected chi connectivity index (χ1v) is 9.83. The summed E-state index contributed by atoms with van der Waals surface area (Å²) in [5.74, 6) is 0.861.